The van der Waals surface area contributed by atoms with E-state index in [9.17, 15) is 4.79 Å². The third-order valence-corrected chi connectivity index (χ3v) is 2.78. The minimum absolute atomic E-state index is 0.0141. The predicted molar refractivity (Wildman–Crippen MR) is 49.9 cm³/mol. The zero-order valence-corrected chi connectivity index (χ0v) is 7.82. The highest BCUT2D eigenvalue weighted by Crippen LogP contribution is 2.16. The summed E-state index contributed by atoms with van der Waals surface area (Å²) in [6.07, 6.45) is 0. The molecular formula is C7H5ClN2OS. The maximum Gasteiger partial charge on any atom is 0.309 e. The fourth-order valence-corrected chi connectivity index (χ4v) is 2.04. The third kappa shape index (κ3) is 1.04. The Hall–Kier alpha value is -0.870. The highest BCUT2D eigenvalue weighted by Gasteiger charge is 2.04. The number of hydrogen-bond donors (Lipinski definition) is 0. The van der Waals surface area contributed by atoms with Crippen molar-refractivity contribution in [1.82, 2.24) is 9.55 Å². The van der Waals surface area contributed by atoms with Gasteiger partial charge in [-0.3, -0.25) is 4.79 Å². The van der Waals surface area contributed by atoms with Gasteiger partial charge in [0.15, 0.2) is 0 Å². The number of thiazole rings is 1. The van der Waals surface area contributed by atoms with Crippen LogP contribution in [0.4, 0.5) is 0 Å². The van der Waals surface area contributed by atoms with Gasteiger partial charge in [0.1, 0.15) is 9.98 Å². The van der Waals surface area contributed by atoms with Crippen LogP contribution in [0.1, 0.15) is 0 Å². The van der Waals surface area contributed by atoms with Crippen LogP contribution in [0.25, 0.3) is 10.3 Å². The number of aryl methyl sites for hydroxylation is 1. The molecule has 0 N–H and O–H groups in total. The molecule has 2 aromatic rings. The SMILES string of the molecule is Cn1c(=O)sc2nc(Cl)ccc21. The van der Waals surface area contributed by atoms with Gasteiger partial charge in [0.05, 0.1) is 5.52 Å². The van der Waals surface area contributed by atoms with Gasteiger partial charge in [-0.25, -0.2) is 4.98 Å². The molecule has 0 bridgehead atoms. The van der Waals surface area contributed by atoms with E-state index in [1.165, 1.54) is 0 Å². The van der Waals surface area contributed by atoms with Crippen LogP contribution in [0.5, 0.6) is 0 Å². The lowest BCUT2D eigenvalue weighted by Gasteiger charge is -1.91. The van der Waals surface area contributed by atoms with Crippen molar-refractivity contribution in [3.8, 4) is 0 Å². The number of fused-ring (bicyclic) bond motifs is 1. The molecular weight excluding hydrogens is 196 g/mol. The van der Waals surface area contributed by atoms with E-state index in [4.69, 9.17) is 11.6 Å². The minimum atomic E-state index is -0.0141. The molecule has 0 saturated carbocycles. The summed E-state index contributed by atoms with van der Waals surface area (Å²) in [5, 5.41) is 0.421. The van der Waals surface area contributed by atoms with Crippen molar-refractivity contribution in [1.29, 1.82) is 0 Å². The van der Waals surface area contributed by atoms with E-state index in [0.717, 1.165) is 16.9 Å². The maximum atomic E-state index is 11.1. The Labute approximate surface area is 77.2 Å². The first-order valence-corrected chi connectivity index (χ1v) is 4.50. The van der Waals surface area contributed by atoms with Gasteiger partial charge in [-0.1, -0.05) is 22.9 Å². The molecule has 0 atom stereocenters. The van der Waals surface area contributed by atoms with E-state index in [-0.39, 0.29) is 4.87 Å². The minimum Gasteiger partial charge on any atom is -0.300 e. The van der Waals surface area contributed by atoms with Gasteiger partial charge in [0, 0.05) is 7.05 Å². The molecule has 0 saturated heterocycles. The summed E-state index contributed by atoms with van der Waals surface area (Å²) in [6, 6.07) is 3.47. The van der Waals surface area contributed by atoms with Crippen molar-refractivity contribution in [2.45, 2.75) is 0 Å². The van der Waals surface area contributed by atoms with Crippen molar-refractivity contribution in [2.75, 3.05) is 0 Å². The molecule has 0 aliphatic carbocycles. The van der Waals surface area contributed by atoms with E-state index in [1.54, 1.807) is 23.7 Å². The summed E-state index contributed by atoms with van der Waals surface area (Å²) >= 11 is 6.77. The molecule has 0 fully saturated rings. The maximum absolute atomic E-state index is 11.1. The summed E-state index contributed by atoms with van der Waals surface area (Å²) in [5.74, 6) is 0. The lowest BCUT2D eigenvalue weighted by Crippen LogP contribution is -2.06. The van der Waals surface area contributed by atoms with Crippen LogP contribution < -0.4 is 4.87 Å². The Kier molecular flexibility index (Phi) is 1.66. The second kappa shape index (κ2) is 2.57. The second-order valence-electron chi connectivity index (χ2n) is 2.39. The first-order chi connectivity index (χ1) is 5.68. The second-order valence-corrected chi connectivity index (χ2v) is 3.71. The molecule has 0 aliphatic rings. The number of halogens is 1. The number of pyridine rings is 1. The van der Waals surface area contributed by atoms with Crippen LogP contribution >= 0.6 is 22.9 Å². The summed E-state index contributed by atoms with van der Waals surface area (Å²) < 4.78 is 1.56. The smallest absolute Gasteiger partial charge is 0.300 e. The molecule has 0 aliphatic heterocycles. The highest BCUT2D eigenvalue weighted by atomic mass is 35.5. The van der Waals surface area contributed by atoms with Crippen LogP contribution in [0.15, 0.2) is 16.9 Å². The van der Waals surface area contributed by atoms with Crippen molar-refractivity contribution in [3.05, 3.63) is 27.0 Å². The van der Waals surface area contributed by atoms with Crippen molar-refractivity contribution in [2.24, 2.45) is 7.05 Å². The monoisotopic (exact) mass is 200 g/mol. The van der Waals surface area contributed by atoms with E-state index >= 15 is 0 Å². The molecule has 2 heterocycles. The van der Waals surface area contributed by atoms with Crippen molar-refractivity contribution < 1.29 is 0 Å². The molecule has 0 unspecified atom stereocenters. The normalized spacial score (nSPS) is 10.8. The summed E-state index contributed by atoms with van der Waals surface area (Å²) in [4.78, 5) is 15.8. The Morgan fingerprint density at radius 1 is 1.58 bits per heavy atom. The Bertz CT molecular complexity index is 488. The zero-order chi connectivity index (χ0) is 8.72. The summed E-state index contributed by atoms with van der Waals surface area (Å²) in [7, 11) is 1.72. The van der Waals surface area contributed by atoms with Gasteiger partial charge in [-0.15, -0.1) is 0 Å². The van der Waals surface area contributed by atoms with Crippen LogP contribution in [-0.4, -0.2) is 9.55 Å². The van der Waals surface area contributed by atoms with E-state index < -0.39 is 0 Å². The topological polar surface area (TPSA) is 34.9 Å². The average Bonchev–Trinajstić information content (AvgIpc) is 2.28. The van der Waals surface area contributed by atoms with E-state index in [1.807, 2.05) is 0 Å². The van der Waals surface area contributed by atoms with Crippen LogP contribution in [-0.2, 0) is 7.05 Å². The number of aromatic nitrogens is 2. The fourth-order valence-electron chi connectivity index (χ4n) is 0.990. The van der Waals surface area contributed by atoms with E-state index in [2.05, 4.69) is 4.98 Å². The molecule has 2 aromatic heterocycles. The summed E-state index contributed by atoms with van der Waals surface area (Å²) in [5.41, 5.74) is 0.828. The van der Waals surface area contributed by atoms with Gasteiger partial charge in [0.2, 0.25) is 0 Å². The predicted octanol–water partition coefficient (Wildman–Crippen LogP) is 1.65. The molecule has 3 nitrogen and oxygen atoms in total. The number of rotatable bonds is 0. The first-order valence-electron chi connectivity index (χ1n) is 3.30. The third-order valence-electron chi connectivity index (χ3n) is 1.63. The standard InChI is InChI=1S/C7H5ClN2OS/c1-10-4-2-3-5(8)9-6(4)12-7(10)11/h2-3H,1H3. The van der Waals surface area contributed by atoms with Crippen molar-refractivity contribution >= 4 is 33.3 Å². The first kappa shape index (κ1) is 7.76. The van der Waals surface area contributed by atoms with Crippen LogP contribution in [0.3, 0.4) is 0 Å². The Balaban J connectivity index is 2.96. The molecule has 0 aromatic carbocycles. The fraction of sp³-hybridized carbons (Fsp3) is 0.143. The van der Waals surface area contributed by atoms with Gasteiger partial charge >= 0.3 is 4.87 Å². The molecule has 2 rings (SSSR count). The molecule has 0 radical (unpaired) electrons. The zero-order valence-electron chi connectivity index (χ0n) is 6.24. The van der Waals surface area contributed by atoms with Crippen molar-refractivity contribution in [3.63, 3.8) is 0 Å². The van der Waals surface area contributed by atoms with Gasteiger partial charge < -0.3 is 4.57 Å². The number of hydrogen-bond acceptors (Lipinski definition) is 3. The molecule has 0 spiro atoms. The Morgan fingerprint density at radius 3 is 3.08 bits per heavy atom. The lowest BCUT2D eigenvalue weighted by molar-refractivity contribution is 0.937. The number of nitrogens with zero attached hydrogens (tertiary/aromatic N) is 2. The largest absolute Gasteiger partial charge is 0.309 e. The Morgan fingerprint density at radius 2 is 2.33 bits per heavy atom. The van der Waals surface area contributed by atoms with E-state index in [0.29, 0.717) is 9.98 Å². The van der Waals surface area contributed by atoms with Gasteiger partial charge in [0.25, 0.3) is 0 Å². The molecule has 12 heavy (non-hydrogen) atoms. The van der Waals surface area contributed by atoms with Gasteiger partial charge in [-0.2, -0.15) is 0 Å². The van der Waals surface area contributed by atoms with Crippen LogP contribution in [0, 0.1) is 0 Å². The average molecular weight is 201 g/mol. The molecule has 0 amide bonds. The molecule has 5 heteroatoms. The lowest BCUT2D eigenvalue weighted by atomic mass is 10.4. The van der Waals surface area contributed by atoms with Gasteiger partial charge in [-0.05, 0) is 12.1 Å². The van der Waals surface area contributed by atoms with Crippen LogP contribution in [0.2, 0.25) is 5.15 Å². The summed E-state index contributed by atoms with van der Waals surface area (Å²) in [6.45, 7) is 0. The highest BCUT2D eigenvalue weighted by molar-refractivity contribution is 7.16. The quantitative estimate of drug-likeness (QED) is 0.607. The molecule has 62 valence electrons.